The van der Waals surface area contributed by atoms with Crippen molar-refractivity contribution in [1.29, 1.82) is 0 Å². The molecule has 2 rings (SSSR count). The van der Waals surface area contributed by atoms with Gasteiger partial charge in [0.2, 0.25) is 0 Å². The topological polar surface area (TPSA) is 99.9 Å². The standard InChI is InChI=1S/C22H33N5O4S/c1-24-7-9-26(15-21(28)29)11-12-27(16-22(30)31)10-8-25(2)20(14-24)13-18-3-5-19(6-4-18)23-17-32/h3-6,20H,7-16H2,1-2H3,(H,28,29)(H,30,31). The van der Waals surface area contributed by atoms with E-state index in [1.54, 1.807) is 0 Å². The summed E-state index contributed by atoms with van der Waals surface area (Å²) in [6.45, 7) is 4.43. The van der Waals surface area contributed by atoms with Crippen molar-refractivity contribution in [2.45, 2.75) is 12.5 Å². The van der Waals surface area contributed by atoms with E-state index in [0.29, 0.717) is 26.2 Å². The molecule has 1 aromatic carbocycles. The lowest BCUT2D eigenvalue weighted by Crippen LogP contribution is -2.50. The van der Waals surface area contributed by atoms with Crippen molar-refractivity contribution in [3.8, 4) is 0 Å². The fourth-order valence-electron chi connectivity index (χ4n) is 3.84. The monoisotopic (exact) mass is 463 g/mol. The van der Waals surface area contributed by atoms with Crippen molar-refractivity contribution in [1.82, 2.24) is 19.6 Å². The van der Waals surface area contributed by atoms with Crippen LogP contribution in [0.25, 0.3) is 0 Å². The predicted octanol–water partition coefficient (Wildman–Crippen LogP) is 0.982. The second-order valence-electron chi connectivity index (χ2n) is 8.31. The average molecular weight is 464 g/mol. The highest BCUT2D eigenvalue weighted by atomic mass is 32.1. The van der Waals surface area contributed by atoms with Crippen molar-refractivity contribution < 1.29 is 19.8 Å². The van der Waals surface area contributed by atoms with E-state index in [0.717, 1.165) is 31.7 Å². The van der Waals surface area contributed by atoms with Gasteiger partial charge in [-0.25, -0.2) is 0 Å². The molecular weight excluding hydrogens is 430 g/mol. The smallest absolute Gasteiger partial charge is 0.317 e. The van der Waals surface area contributed by atoms with Crippen LogP contribution in [0, 0.1) is 0 Å². The van der Waals surface area contributed by atoms with E-state index in [9.17, 15) is 19.8 Å². The summed E-state index contributed by atoms with van der Waals surface area (Å²) in [5.74, 6) is -1.75. The van der Waals surface area contributed by atoms with Crippen LogP contribution in [-0.4, -0.2) is 126 Å². The first kappa shape index (κ1) is 26.1. The summed E-state index contributed by atoms with van der Waals surface area (Å²) in [4.78, 5) is 34.9. The lowest BCUT2D eigenvalue weighted by atomic mass is 10.0. The van der Waals surface area contributed by atoms with E-state index >= 15 is 0 Å². The summed E-state index contributed by atoms with van der Waals surface area (Å²) >= 11 is 4.66. The van der Waals surface area contributed by atoms with Crippen molar-refractivity contribution >= 4 is 35.0 Å². The van der Waals surface area contributed by atoms with Crippen LogP contribution in [0.15, 0.2) is 29.3 Å². The van der Waals surface area contributed by atoms with Crippen molar-refractivity contribution in [2.75, 3.05) is 73.0 Å². The Hall–Kier alpha value is -2.20. The first-order chi connectivity index (χ1) is 15.3. The first-order valence-electron chi connectivity index (χ1n) is 10.7. The van der Waals surface area contributed by atoms with E-state index in [4.69, 9.17) is 0 Å². The molecule has 0 radical (unpaired) electrons. The summed E-state index contributed by atoms with van der Waals surface area (Å²) in [5.41, 5.74) is 1.95. The number of isothiocyanates is 1. The molecule has 0 bridgehead atoms. The summed E-state index contributed by atoms with van der Waals surface area (Å²) in [6, 6.07) is 8.15. The zero-order valence-electron chi connectivity index (χ0n) is 18.8. The molecule has 1 unspecified atom stereocenters. The third-order valence-electron chi connectivity index (χ3n) is 5.75. The quantitative estimate of drug-likeness (QED) is 0.453. The molecule has 1 aliphatic rings. The van der Waals surface area contributed by atoms with Crippen LogP contribution in [-0.2, 0) is 16.0 Å². The number of hydrogen-bond acceptors (Lipinski definition) is 8. The molecule has 1 aromatic rings. The van der Waals surface area contributed by atoms with Crippen molar-refractivity contribution in [3.05, 3.63) is 29.8 Å². The summed E-state index contributed by atoms with van der Waals surface area (Å²) in [6.07, 6.45) is 0.834. The Balaban J connectivity index is 2.15. The third kappa shape index (κ3) is 9.52. The number of carboxylic acid groups (broad SMARTS) is 2. The molecule has 176 valence electrons. The maximum atomic E-state index is 11.3. The number of aliphatic carboxylic acids is 2. The Morgan fingerprint density at radius 1 is 0.969 bits per heavy atom. The first-order valence-corrected chi connectivity index (χ1v) is 11.1. The number of carbonyl (C=O) groups is 2. The molecule has 0 aliphatic carbocycles. The van der Waals surface area contributed by atoms with E-state index in [2.05, 4.69) is 46.3 Å². The highest BCUT2D eigenvalue weighted by Crippen LogP contribution is 2.16. The molecule has 32 heavy (non-hydrogen) atoms. The van der Waals surface area contributed by atoms with Crippen LogP contribution in [0.2, 0.25) is 0 Å². The molecule has 1 fully saturated rings. The Labute approximate surface area is 194 Å². The highest BCUT2D eigenvalue weighted by Gasteiger charge is 2.22. The van der Waals surface area contributed by atoms with Gasteiger partial charge < -0.3 is 20.0 Å². The number of rotatable bonds is 7. The minimum Gasteiger partial charge on any atom is -0.480 e. The molecule has 0 aromatic heterocycles. The van der Waals surface area contributed by atoms with Gasteiger partial charge in [-0.15, -0.1) is 0 Å². The molecule has 9 nitrogen and oxygen atoms in total. The largest absolute Gasteiger partial charge is 0.480 e. The lowest BCUT2D eigenvalue weighted by molar-refractivity contribution is -0.140. The molecule has 0 spiro atoms. The zero-order valence-corrected chi connectivity index (χ0v) is 19.6. The van der Waals surface area contributed by atoms with Crippen LogP contribution in [0.1, 0.15) is 5.56 Å². The van der Waals surface area contributed by atoms with Gasteiger partial charge in [-0.1, -0.05) is 12.1 Å². The number of carboxylic acids is 2. The maximum Gasteiger partial charge on any atom is 0.317 e. The molecule has 1 atom stereocenters. The van der Waals surface area contributed by atoms with Crippen LogP contribution in [0.3, 0.4) is 0 Å². The van der Waals surface area contributed by atoms with Gasteiger partial charge in [0, 0.05) is 51.9 Å². The Bertz CT molecular complexity index is 800. The highest BCUT2D eigenvalue weighted by molar-refractivity contribution is 7.78. The fraction of sp³-hybridized carbons (Fsp3) is 0.591. The minimum atomic E-state index is -0.875. The number of nitrogens with zero attached hydrogens (tertiary/aromatic N) is 5. The van der Waals surface area contributed by atoms with Gasteiger partial charge in [0.25, 0.3) is 0 Å². The number of benzene rings is 1. The van der Waals surface area contributed by atoms with Gasteiger partial charge >= 0.3 is 11.9 Å². The minimum absolute atomic E-state index is 0.0470. The van der Waals surface area contributed by atoms with E-state index in [-0.39, 0.29) is 19.1 Å². The van der Waals surface area contributed by atoms with Crippen molar-refractivity contribution in [3.63, 3.8) is 0 Å². The van der Waals surface area contributed by atoms with Crippen molar-refractivity contribution in [2.24, 2.45) is 4.99 Å². The van der Waals surface area contributed by atoms with Gasteiger partial charge in [-0.05, 0) is 50.4 Å². The van der Waals surface area contributed by atoms with E-state index in [1.807, 2.05) is 34.1 Å². The van der Waals surface area contributed by atoms with Crippen LogP contribution in [0.4, 0.5) is 5.69 Å². The molecule has 1 aliphatic heterocycles. The second-order valence-corrected chi connectivity index (χ2v) is 8.49. The fourth-order valence-corrected chi connectivity index (χ4v) is 3.95. The van der Waals surface area contributed by atoms with Gasteiger partial charge in [-0.2, -0.15) is 4.99 Å². The molecule has 1 heterocycles. The SMILES string of the molecule is CN1CCN(CC(=O)O)CCN(CC(=O)O)CCN(C)C(Cc2ccc(N=C=S)cc2)C1. The number of thiocarbonyl (C=S) groups is 1. The van der Waals surface area contributed by atoms with Crippen LogP contribution in [0.5, 0.6) is 0 Å². The van der Waals surface area contributed by atoms with Crippen LogP contribution >= 0.6 is 12.2 Å². The Morgan fingerprint density at radius 2 is 1.50 bits per heavy atom. The molecule has 1 saturated heterocycles. The zero-order chi connectivity index (χ0) is 23.5. The second kappa shape index (κ2) is 13.4. The number of likely N-dealkylation sites (N-methyl/N-ethyl adjacent to an activating group) is 2. The van der Waals surface area contributed by atoms with Gasteiger partial charge in [0.05, 0.1) is 23.9 Å². The van der Waals surface area contributed by atoms with Crippen LogP contribution < -0.4 is 0 Å². The summed E-state index contributed by atoms with van der Waals surface area (Å²) in [7, 11) is 4.13. The molecule has 0 saturated carbocycles. The molecular formula is C22H33N5O4S. The lowest BCUT2D eigenvalue weighted by Gasteiger charge is -2.35. The third-order valence-corrected chi connectivity index (χ3v) is 5.84. The normalized spacial score (nSPS) is 20.6. The Kier molecular flexibility index (Phi) is 10.9. The number of aliphatic imine (C=N–C) groups is 1. The van der Waals surface area contributed by atoms with Gasteiger partial charge in [0.1, 0.15) is 0 Å². The van der Waals surface area contributed by atoms with E-state index < -0.39 is 11.9 Å². The molecule has 2 N–H and O–H groups in total. The number of hydrogen-bond donors (Lipinski definition) is 2. The predicted molar refractivity (Wildman–Crippen MR) is 127 cm³/mol. The summed E-state index contributed by atoms with van der Waals surface area (Å²) in [5, 5.41) is 20.9. The molecule has 10 heteroatoms. The average Bonchev–Trinajstić information content (AvgIpc) is 2.73. The van der Waals surface area contributed by atoms with E-state index in [1.165, 1.54) is 5.56 Å². The molecule has 0 amide bonds. The summed E-state index contributed by atoms with van der Waals surface area (Å²) < 4.78 is 0. The van der Waals surface area contributed by atoms with Gasteiger partial charge in [0.15, 0.2) is 0 Å². The Morgan fingerprint density at radius 3 is 2.03 bits per heavy atom. The van der Waals surface area contributed by atoms with Gasteiger partial charge in [-0.3, -0.25) is 19.4 Å². The maximum absolute atomic E-state index is 11.3.